The molecule has 1 rings (SSSR count). The van der Waals surface area contributed by atoms with E-state index in [1.54, 1.807) is 12.1 Å². The van der Waals surface area contributed by atoms with E-state index in [0.717, 1.165) is 17.5 Å². The SMILES string of the molecule is [C-]#[N+]c1ccc(OCCCBr)cc1. The van der Waals surface area contributed by atoms with Crippen LogP contribution in [0.1, 0.15) is 6.42 Å². The lowest BCUT2D eigenvalue weighted by molar-refractivity contribution is 0.319. The van der Waals surface area contributed by atoms with Gasteiger partial charge in [-0.25, -0.2) is 4.85 Å². The lowest BCUT2D eigenvalue weighted by Gasteiger charge is -2.03. The monoisotopic (exact) mass is 239 g/mol. The minimum Gasteiger partial charge on any atom is -0.494 e. The minimum atomic E-state index is 0.646. The van der Waals surface area contributed by atoms with Gasteiger partial charge in [-0.3, -0.25) is 0 Å². The molecule has 0 radical (unpaired) electrons. The molecule has 0 N–H and O–H groups in total. The molecule has 0 fully saturated rings. The normalized spacial score (nSPS) is 9.23. The maximum atomic E-state index is 6.76. The van der Waals surface area contributed by atoms with Gasteiger partial charge in [0.1, 0.15) is 5.75 Å². The molecule has 0 atom stereocenters. The summed E-state index contributed by atoms with van der Waals surface area (Å²) in [7, 11) is 0. The van der Waals surface area contributed by atoms with Crippen LogP contribution in [0.2, 0.25) is 0 Å². The predicted octanol–water partition coefficient (Wildman–Crippen LogP) is 3.40. The number of hydrogen-bond acceptors (Lipinski definition) is 1. The van der Waals surface area contributed by atoms with Gasteiger partial charge < -0.3 is 4.74 Å². The van der Waals surface area contributed by atoms with Gasteiger partial charge in [0.15, 0.2) is 5.69 Å². The third-order valence-corrected chi connectivity index (χ3v) is 2.07. The van der Waals surface area contributed by atoms with Crippen molar-refractivity contribution in [2.24, 2.45) is 0 Å². The average Bonchev–Trinajstić information content (AvgIpc) is 2.19. The summed E-state index contributed by atoms with van der Waals surface area (Å²) < 4.78 is 5.41. The predicted molar refractivity (Wildman–Crippen MR) is 56.6 cm³/mol. The molecule has 1 aromatic rings. The second kappa shape index (κ2) is 5.60. The van der Waals surface area contributed by atoms with Gasteiger partial charge in [0.2, 0.25) is 0 Å². The fourth-order valence-electron chi connectivity index (χ4n) is 0.861. The zero-order chi connectivity index (χ0) is 9.52. The van der Waals surface area contributed by atoms with Crippen molar-refractivity contribution in [3.8, 4) is 5.75 Å². The van der Waals surface area contributed by atoms with E-state index in [0.29, 0.717) is 12.3 Å². The Bertz CT molecular complexity index is 289. The van der Waals surface area contributed by atoms with Crippen molar-refractivity contribution in [3.63, 3.8) is 0 Å². The number of rotatable bonds is 4. The Kier molecular flexibility index (Phi) is 4.34. The van der Waals surface area contributed by atoms with Crippen LogP contribution >= 0.6 is 15.9 Å². The molecule has 0 amide bonds. The number of ether oxygens (including phenoxy) is 1. The third-order valence-electron chi connectivity index (χ3n) is 1.51. The summed E-state index contributed by atoms with van der Waals surface area (Å²) in [5.74, 6) is 0.827. The van der Waals surface area contributed by atoms with Crippen LogP contribution < -0.4 is 4.74 Å². The minimum absolute atomic E-state index is 0.646. The summed E-state index contributed by atoms with van der Waals surface area (Å²) in [6.07, 6.45) is 0.991. The van der Waals surface area contributed by atoms with Gasteiger partial charge in [0.05, 0.1) is 13.2 Å². The molecule has 0 bridgehead atoms. The number of nitrogens with zero attached hydrogens (tertiary/aromatic N) is 1. The molecular weight excluding hydrogens is 230 g/mol. The van der Waals surface area contributed by atoms with Gasteiger partial charge >= 0.3 is 0 Å². The highest BCUT2D eigenvalue weighted by Gasteiger charge is 1.93. The van der Waals surface area contributed by atoms with Crippen molar-refractivity contribution in [1.29, 1.82) is 0 Å². The molecule has 0 saturated carbocycles. The van der Waals surface area contributed by atoms with Gasteiger partial charge in [-0.2, -0.15) is 0 Å². The summed E-state index contributed by atoms with van der Waals surface area (Å²) >= 11 is 3.33. The molecule has 0 spiro atoms. The fraction of sp³-hybridized carbons (Fsp3) is 0.300. The second-order valence-electron chi connectivity index (χ2n) is 2.50. The van der Waals surface area contributed by atoms with Crippen LogP contribution in [0.15, 0.2) is 24.3 Å². The molecule has 1 aromatic carbocycles. The maximum absolute atomic E-state index is 6.76. The first-order valence-electron chi connectivity index (χ1n) is 4.03. The Labute approximate surface area is 86.5 Å². The smallest absolute Gasteiger partial charge is 0.187 e. The second-order valence-corrected chi connectivity index (χ2v) is 3.29. The van der Waals surface area contributed by atoms with Gasteiger partial charge in [-0.1, -0.05) is 28.1 Å². The Morgan fingerprint density at radius 3 is 2.54 bits per heavy atom. The maximum Gasteiger partial charge on any atom is 0.187 e. The molecule has 0 aliphatic heterocycles. The van der Waals surface area contributed by atoms with Gasteiger partial charge in [-0.15, -0.1) is 0 Å². The number of hydrogen-bond donors (Lipinski definition) is 0. The molecule has 0 aliphatic carbocycles. The summed E-state index contributed by atoms with van der Waals surface area (Å²) in [5.41, 5.74) is 0.646. The molecule has 68 valence electrons. The van der Waals surface area contributed by atoms with Crippen molar-refractivity contribution in [1.82, 2.24) is 0 Å². The van der Waals surface area contributed by atoms with E-state index >= 15 is 0 Å². The first-order chi connectivity index (χ1) is 6.36. The number of benzene rings is 1. The molecule has 0 aromatic heterocycles. The van der Waals surface area contributed by atoms with E-state index < -0.39 is 0 Å². The standard InChI is InChI=1S/C10H10BrNO/c1-12-9-3-5-10(6-4-9)13-8-2-7-11/h3-6H,2,7-8H2. The van der Waals surface area contributed by atoms with Crippen LogP contribution in [-0.4, -0.2) is 11.9 Å². The fourth-order valence-corrected chi connectivity index (χ4v) is 1.09. The quantitative estimate of drug-likeness (QED) is 0.446. The van der Waals surface area contributed by atoms with Crippen LogP contribution in [0.5, 0.6) is 5.75 Å². The van der Waals surface area contributed by atoms with Gasteiger partial charge in [0.25, 0.3) is 0 Å². The van der Waals surface area contributed by atoms with Crippen LogP contribution in [0.3, 0.4) is 0 Å². The van der Waals surface area contributed by atoms with E-state index in [9.17, 15) is 0 Å². The molecule has 0 unspecified atom stereocenters. The Hall–Kier alpha value is -1.01. The number of alkyl halides is 1. The Morgan fingerprint density at radius 2 is 2.00 bits per heavy atom. The Balaban J connectivity index is 2.46. The average molecular weight is 240 g/mol. The molecule has 0 aliphatic rings. The summed E-state index contributed by atoms with van der Waals surface area (Å²) in [4.78, 5) is 3.30. The van der Waals surface area contributed by atoms with Gasteiger partial charge in [-0.05, 0) is 18.6 Å². The van der Waals surface area contributed by atoms with Gasteiger partial charge in [0, 0.05) is 5.33 Å². The lowest BCUT2D eigenvalue weighted by Crippen LogP contribution is -1.96. The number of halogens is 1. The molecular formula is C10H10BrNO. The van der Waals surface area contributed by atoms with Crippen LogP contribution in [-0.2, 0) is 0 Å². The van der Waals surface area contributed by atoms with Crippen molar-refractivity contribution >= 4 is 21.6 Å². The van der Waals surface area contributed by atoms with Crippen molar-refractivity contribution in [3.05, 3.63) is 35.7 Å². The topological polar surface area (TPSA) is 13.6 Å². The summed E-state index contributed by atoms with van der Waals surface area (Å²) in [6, 6.07) is 7.16. The Morgan fingerprint density at radius 1 is 1.31 bits per heavy atom. The van der Waals surface area contributed by atoms with E-state index in [-0.39, 0.29) is 0 Å². The molecule has 0 saturated heterocycles. The third kappa shape index (κ3) is 3.47. The van der Waals surface area contributed by atoms with Crippen LogP contribution in [0, 0.1) is 6.57 Å². The first-order valence-corrected chi connectivity index (χ1v) is 5.15. The first kappa shape index (κ1) is 10.1. The van der Waals surface area contributed by atoms with Crippen LogP contribution in [0.25, 0.3) is 4.85 Å². The zero-order valence-electron chi connectivity index (χ0n) is 7.16. The highest BCUT2D eigenvalue weighted by molar-refractivity contribution is 9.09. The van der Waals surface area contributed by atoms with E-state index in [1.807, 2.05) is 12.1 Å². The molecule has 13 heavy (non-hydrogen) atoms. The van der Waals surface area contributed by atoms with Crippen molar-refractivity contribution in [2.45, 2.75) is 6.42 Å². The molecule has 2 nitrogen and oxygen atoms in total. The summed E-state index contributed by atoms with van der Waals surface area (Å²) in [6.45, 7) is 7.47. The van der Waals surface area contributed by atoms with E-state index in [2.05, 4.69) is 20.8 Å². The van der Waals surface area contributed by atoms with E-state index in [1.165, 1.54) is 0 Å². The van der Waals surface area contributed by atoms with Crippen molar-refractivity contribution < 1.29 is 4.74 Å². The van der Waals surface area contributed by atoms with Crippen LogP contribution in [0.4, 0.5) is 5.69 Å². The largest absolute Gasteiger partial charge is 0.494 e. The summed E-state index contributed by atoms with van der Waals surface area (Å²) in [5, 5.41) is 0.952. The highest BCUT2D eigenvalue weighted by atomic mass is 79.9. The lowest BCUT2D eigenvalue weighted by atomic mass is 10.3. The molecule has 3 heteroatoms. The highest BCUT2D eigenvalue weighted by Crippen LogP contribution is 2.17. The molecule has 0 heterocycles. The zero-order valence-corrected chi connectivity index (χ0v) is 8.75. The van der Waals surface area contributed by atoms with E-state index in [4.69, 9.17) is 11.3 Å². The van der Waals surface area contributed by atoms with Crippen molar-refractivity contribution in [2.75, 3.05) is 11.9 Å².